The average molecular weight is 348 g/mol. The van der Waals surface area contributed by atoms with Gasteiger partial charge < -0.3 is 10.2 Å². The van der Waals surface area contributed by atoms with Gasteiger partial charge in [-0.2, -0.15) is 5.10 Å². The van der Waals surface area contributed by atoms with Gasteiger partial charge in [0, 0.05) is 45.8 Å². The van der Waals surface area contributed by atoms with Gasteiger partial charge in [-0.25, -0.2) is 0 Å². The number of hydrogen-bond acceptors (Lipinski definition) is 3. The molecule has 26 heavy (non-hydrogen) atoms. The molecule has 0 saturated carbocycles. The summed E-state index contributed by atoms with van der Waals surface area (Å²) in [7, 11) is 3.81. The van der Waals surface area contributed by atoms with Crippen molar-refractivity contribution in [2.24, 2.45) is 13.0 Å². The van der Waals surface area contributed by atoms with E-state index in [0.717, 1.165) is 24.2 Å². The van der Waals surface area contributed by atoms with E-state index in [1.54, 1.807) is 4.68 Å². The summed E-state index contributed by atoms with van der Waals surface area (Å²) in [4.78, 5) is 14.9. The molecular formula is C21H24N4O. The third-order valence-corrected chi connectivity index (χ3v) is 5.29. The van der Waals surface area contributed by atoms with Crippen molar-refractivity contribution >= 4 is 16.7 Å². The molecule has 2 aromatic carbocycles. The number of benzene rings is 2. The predicted molar refractivity (Wildman–Crippen MR) is 103 cm³/mol. The van der Waals surface area contributed by atoms with Gasteiger partial charge in [-0.05, 0) is 28.0 Å². The summed E-state index contributed by atoms with van der Waals surface area (Å²) in [5.41, 5.74) is 2.29. The van der Waals surface area contributed by atoms with E-state index in [0.29, 0.717) is 6.54 Å². The number of fused-ring (bicyclic) bond motifs is 1. The Balaban J connectivity index is 1.49. The number of nitrogens with one attached hydrogen (secondary N) is 1. The van der Waals surface area contributed by atoms with Gasteiger partial charge in [0.1, 0.15) is 0 Å². The van der Waals surface area contributed by atoms with Gasteiger partial charge in [0.2, 0.25) is 5.91 Å². The third-order valence-electron chi connectivity index (χ3n) is 5.29. The van der Waals surface area contributed by atoms with Gasteiger partial charge in [-0.15, -0.1) is 0 Å². The zero-order valence-electron chi connectivity index (χ0n) is 15.2. The van der Waals surface area contributed by atoms with Gasteiger partial charge in [0.25, 0.3) is 0 Å². The molecule has 4 rings (SSSR count). The van der Waals surface area contributed by atoms with Crippen LogP contribution in [0, 0.1) is 5.92 Å². The molecule has 1 aliphatic rings. The summed E-state index contributed by atoms with van der Waals surface area (Å²) in [6.07, 6.45) is 3.89. The van der Waals surface area contributed by atoms with E-state index in [9.17, 15) is 4.79 Å². The van der Waals surface area contributed by atoms with E-state index in [2.05, 4.69) is 40.7 Å². The van der Waals surface area contributed by atoms with E-state index < -0.39 is 0 Å². The molecule has 1 fully saturated rings. The number of aromatic nitrogens is 2. The van der Waals surface area contributed by atoms with Crippen molar-refractivity contribution in [1.29, 1.82) is 0 Å². The number of aryl methyl sites for hydroxylation is 1. The molecule has 0 radical (unpaired) electrons. The average Bonchev–Trinajstić information content (AvgIpc) is 3.29. The lowest BCUT2D eigenvalue weighted by molar-refractivity contribution is -0.134. The van der Waals surface area contributed by atoms with Crippen LogP contribution in [-0.4, -0.2) is 40.7 Å². The summed E-state index contributed by atoms with van der Waals surface area (Å²) in [6, 6.07) is 14.7. The highest BCUT2D eigenvalue weighted by atomic mass is 16.2. The lowest BCUT2D eigenvalue weighted by atomic mass is 9.90. The summed E-state index contributed by atoms with van der Waals surface area (Å²) in [5.74, 6) is 0.344. The van der Waals surface area contributed by atoms with Gasteiger partial charge >= 0.3 is 0 Å². The molecule has 0 bridgehead atoms. The molecule has 1 saturated heterocycles. The Labute approximate surface area is 153 Å². The predicted octanol–water partition coefficient (Wildman–Crippen LogP) is 2.53. The van der Waals surface area contributed by atoms with E-state index in [1.807, 2.05) is 43.5 Å². The topological polar surface area (TPSA) is 50.2 Å². The van der Waals surface area contributed by atoms with Crippen LogP contribution < -0.4 is 5.32 Å². The molecule has 2 heterocycles. The van der Waals surface area contributed by atoms with E-state index >= 15 is 0 Å². The van der Waals surface area contributed by atoms with Crippen LogP contribution in [0.4, 0.5) is 0 Å². The molecule has 0 spiro atoms. The Morgan fingerprint density at radius 1 is 1.23 bits per heavy atom. The van der Waals surface area contributed by atoms with Gasteiger partial charge in [-0.1, -0.05) is 36.4 Å². The maximum atomic E-state index is 13.1. The maximum absolute atomic E-state index is 13.1. The summed E-state index contributed by atoms with van der Waals surface area (Å²) in [6.45, 7) is 2.17. The standard InChI is InChI=1S/C21H24N4O/c1-24(13-15-7-8-16-5-3-4-6-17(16)9-15)21(26)20-12-22-11-19(20)18-10-23-25(2)14-18/h3-10,14,19-20,22H,11-13H2,1-2H3/t19-,20+/m1/s1. The molecule has 134 valence electrons. The fraction of sp³-hybridized carbons (Fsp3) is 0.333. The van der Waals surface area contributed by atoms with E-state index in [1.165, 1.54) is 10.8 Å². The van der Waals surface area contributed by atoms with Crippen LogP contribution >= 0.6 is 0 Å². The molecule has 1 aliphatic heterocycles. The molecule has 1 amide bonds. The largest absolute Gasteiger partial charge is 0.341 e. The monoisotopic (exact) mass is 348 g/mol. The molecule has 5 nitrogen and oxygen atoms in total. The second-order valence-corrected chi connectivity index (χ2v) is 7.19. The van der Waals surface area contributed by atoms with Crippen molar-refractivity contribution in [1.82, 2.24) is 20.0 Å². The van der Waals surface area contributed by atoms with Crippen LogP contribution in [0.1, 0.15) is 17.0 Å². The fourth-order valence-corrected chi connectivity index (χ4v) is 3.89. The summed E-state index contributed by atoms with van der Waals surface area (Å²) in [5, 5.41) is 10.1. The Bertz CT molecular complexity index is 932. The Morgan fingerprint density at radius 2 is 2.04 bits per heavy atom. The van der Waals surface area contributed by atoms with E-state index in [4.69, 9.17) is 0 Å². The normalized spacial score (nSPS) is 19.8. The summed E-state index contributed by atoms with van der Waals surface area (Å²) >= 11 is 0. The first-order valence-corrected chi connectivity index (χ1v) is 9.04. The molecule has 3 aromatic rings. The number of carbonyl (C=O) groups is 1. The molecular weight excluding hydrogens is 324 g/mol. The van der Waals surface area contributed by atoms with Crippen LogP contribution in [-0.2, 0) is 18.4 Å². The molecule has 2 atom stereocenters. The van der Waals surface area contributed by atoms with Crippen LogP contribution in [0.3, 0.4) is 0 Å². The number of rotatable bonds is 4. The lowest BCUT2D eigenvalue weighted by Crippen LogP contribution is -2.35. The molecule has 5 heteroatoms. The zero-order chi connectivity index (χ0) is 18.1. The Morgan fingerprint density at radius 3 is 2.81 bits per heavy atom. The lowest BCUT2D eigenvalue weighted by Gasteiger charge is -2.24. The first kappa shape index (κ1) is 16.8. The van der Waals surface area contributed by atoms with Crippen molar-refractivity contribution in [3.63, 3.8) is 0 Å². The zero-order valence-corrected chi connectivity index (χ0v) is 15.2. The van der Waals surface area contributed by atoms with Gasteiger partial charge in [0.15, 0.2) is 0 Å². The quantitative estimate of drug-likeness (QED) is 0.788. The van der Waals surface area contributed by atoms with E-state index in [-0.39, 0.29) is 17.7 Å². The first-order chi connectivity index (χ1) is 12.6. The van der Waals surface area contributed by atoms with Crippen molar-refractivity contribution < 1.29 is 4.79 Å². The smallest absolute Gasteiger partial charge is 0.227 e. The Hall–Kier alpha value is -2.66. The third kappa shape index (κ3) is 3.22. The second-order valence-electron chi connectivity index (χ2n) is 7.19. The number of amides is 1. The first-order valence-electron chi connectivity index (χ1n) is 9.04. The molecule has 0 aliphatic carbocycles. The van der Waals surface area contributed by atoms with Gasteiger partial charge in [-0.3, -0.25) is 9.48 Å². The minimum Gasteiger partial charge on any atom is -0.341 e. The van der Waals surface area contributed by atoms with Gasteiger partial charge in [0.05, 0.1) is 12.1 Å². The molecule has 1 N–H and O–H groups in total. The maximum Gasteiger partial charge on any atom is 0.227 e. The number of nitrogens with zero attached hydrogens (tertiary/aromatic N) is 3. The number of carbonyl (C=O) groups excluding carboxylic acids is 1. The molecule has 1 aromatic heterocycles. The second kappa shape index (κ2) is 6.92. The fourth-order valence-electron chi connectivity index (χ4n) is 3.89. The molecule has 0 unspecified atom stereocenters. The van der Waals surface area contributed by atoms with Crippen molar-refractivity contribution in [3.05, 3.63) is 66.0 Å². The SMILES string of the molecule is CN(Cc1ccc2ccccc2c1)C(=O)[C@H]1CNC[C@@H]1c1cnn(C)c1. The van der Waals surface area contributed by atoms with Crippen LogP contribution in [0.25, 0.3) is 10.8 Å². The number of hydrogen-bond donors (Lipinski definition) is 1. The van der Waals surface area contributed by atoms with Crippen molar-refractivity contribution in [2.45, 2.75) is 12.5 Å². The minimum atomic E-state index is -0.0374. The van der Waals surface area contributed by atoms with Crippen LogP contribution in [0.5, 0.6) is 0 Å². The van der Waals surface area contributed by atoms with Crippen molar-refractivity contribution in [2.75, 3.05) is 20.1 Å². The highest BCUT2D eigenvalue weighted by Crippen LogP contribution is 2.29. The highest BCUT2D eigenvalue weighted by Gasteiger charge is 2.36. The Kier molecular flexibility index (Phi) is 4.47. The minimum absolute atomic E-state index is 0.0374. The van der Waals surface area contributed by atoms with Crippen molar-refractivity contribution in [3.8, 4) is 0 Å². The highest BCUT2D eigenvalue weighted by molar-refractivity contribution is 5.83. The van der Waals surface area contributed by atoms with Crippen LogP contribution in [0.15, 0.2) is 54.9 Å². The van der Waals surface area contributed by atoms with Crippen LogP contribution in [0.2, 0.25) is 0 Å². The summed E-state index contributed by atoms with van der Waals surface area (Å²) < 4.78 is 1.80.